The number of aryl methyl sites for hydroxylation is 1. The molecule has 1 unspecified atom stereocenters. The lowest BCUT2D eigenvalue weighted by Gasteiger charge is -2.30. The standard InChI is InChI=1S/C22H26N6O/c1-15(17-6-4-3-5-7-17)22(29)27-11-10-19-18(13-27)20(25-26(19)2)21-24-23-14-28(21)12-16-8-9-16/h3-7,14-16H,8-13H2,1-2H3. The van der Waals surface area contributed by atoms with Crippen LogP contribution in [-0.4, -0.2) is 41.9 Å². The van der Waals surface area contributed by atoms with Crippen LogP contribution in [0.15, 0.2) is 36.7 Å². The molecule has 150 valence electrons. The summed E-state index contributed by atoms with van der Waals surface area (Å²) in [6.45, 7) is 4.23. The molecule has 0 spiro atoms. The second-order valence-electron chi connectivity index (χ2n) is 8.29. The summed E-state index contributed by atoms with van der Waals surface area (Å²) in [5.74, 6) is 1.56. The van der Waals surface area contributed by atoms with Gasteiger partial charge < -0.3 is 9.47 Å². The molecule has 1 aliphatic heterocycles. The van der Waals surface area contributed by atoms with Gasteiger partial charge in [0.2, 0.25) is 5.91 Å². The fourth-order valence-electron chi connectivity index (χ4n) is 4.27. The Morgan fingerprint density at radius 1 is 1.24 bits per heavy atom. The highest BCUT2D eigenvalue weighted by molar-refractivity contribution is 5.83. The van der Waals surface area contributed by atoms with Crippen molar-refractivity contribution in [2.45, 2.75) is 45.2 Å². The average Bonchev–Trinajstić information content (AvgIpc) is 3.36. The number of rotatable bonds is 5. The minimum atomic E-state index is -0.156. The fraction of sp³-hybridized carbons (Fsp3) is 0.455. The quantitative estimate of drug-likeness (QED) is 0.672. The summed E-state index contributed by atoms with van der Waals surface area (Å²) in [5.41, 5.74) is 4.22. The van der Waals surface area contributed by atoms with Crippen LogP contribution >= 0.6 is 0 Å². The molecule has 0 bridgehead atoms. The second kappa shape index (κ2) is 7.13. The number of fused-ring (bicyclic) bond motifs is 1. The predicted molar refractivity (Wildman–Crippen MR) is 109 cm³/mol. The number of amides is 1. The summed E-state index contributed by atoms with van der Waals surface area (Å²) < 4.78 is 4.07. The highest BCUT2D eigenvalue weighted by atomic mass is 16.2. The van der Waals surface area contributed by atoms with Gasteiger partial charge in [-0.1, -0.05) is 30.3 Å². The van der Waals surface area contributed by atoms with Gasteiger partial charge in [-0.25, -0.2) is 0 Å². The molecule has 1 amide bonds. The molecule has 7 heteroatoms. The van der Waals surface area contributed by atoms with E-state index >= 15 is 0 Å². The zero-order chi connectivity index (χ0) is 20.0. The third-order valence-corrected chi connectivity index (χ3v) is 6.20. The van der Waals surface area contributed by atoms with Gasteiger partial charge in [-0.3, -0.25) is 9.48 Å². The molecule has 3 aromatic rings. The van der Waals surface area contributed by atoms with E-state index in [2.05, 4.69) is 14.8 Å². The Morgan fingerprint density at radius 3 is 2.79 bits per heavy atom. The van der Waals surface area contributed by atoms with Crippen molar-refractivity contribution >= 4 is 5.91 Å². The molecule has 1 atom stereocenters. The van der Waals surface area contributed by atoms with E-state index in [0.29, 0.717) is 6.54 Å². The SMILES string of the molecule is CC(C(=O)N1CCc2c(c(-c3nncn3CC3CC3)nn2C)C1)c1ccccc1. The summed E-state index contributed by atoms with van der Waals surface area (Å²) >= 11 is 0. The number of carbonyl (C=O) groups is 1. The summed E-state index contributed by atoms with van der Waals surface area (Å²) in [6, 6.07) is 9.99. The molecule has 0 saturated heterocycles. The van der Waals surface area contributed by atoms with Gasteiger partial charge >= 0.3 is 0 Å². The van der Waals surface area contributed by atoms with Crippen LogP contribution in [0.5, 0.6) is 0 Å². The van der Waals surface area contributed by atoms with Gasteiger partial charge in [-0.15, -0.1) is 10.2 Å². The highest BCUT2D eigenvalue weighted by Gasteiger charge is 2.32. The van der Waals surface area contributed by atoms with Gasteiger partial charge in [0.1, 0.15) is 12.0 Å². The lowest BCUT2D eigenvalue weighted by atomic mass is 9.97. The van der Waals surface area contributed by atoms with E-state index in [1.165, 1.54) is 18.5 Å². The van der Waals surface area contributed by atoms with Crippen LogP contribution in [0, 0.1) is 5.92 Å². The van der Waals surface area contributed by atoms with Crippen LogP contribution in [0.1, 0.15) is 42.5 Å². The first kappa shape index (κ1) is 18.1. The average molecular weight is 390 g/mol. The van der Waals surface area contributed by atoms with Crippen LogP contribution < -0.4 is 0 Å². The Balaban J connectivity index is 1.43. The maximum Gasteiger partial charge on any atom is 0.230 e. The first-order valence-electron chi connectivity index (χ1n) is 10.4. The molecular formula is C22H26N6O. The van der Waals surface area contributed by atoms with Crippen molar-refractivity contribution in [3.05, 3.63) is 53.5 Å². The van der Waals surface area contributed by atoms with Gasteiger partial charge in [0.15, 0.2) is 5.82 Å². The topological polar surface area (TPSA) is 68.8 Å². The first-order valence-corrected chi connectivity index (χ1v) is 10.4. The molecule has 0 radical (unpaired) electrons. The molecule has 7 nitrogen and oxygen atoms in total. The van der Waals surface area contributed by atoms with Gasteiger partial charge in [0.25, 0.3) is 0 Å². The van der Waals surface area contributed by atoms with Crippen molar-refractivity contribution in [3.8, 4) is 11.5 Å². The van der Waals surface area contributed by atoms with Gasteiger partial charge in [-0.2, -0.15) is 5.10 Å². The number of hydrogen-bond acceptors (Lipinski definition) is 4. The zero-order valence-corrected chi connectivity index (χ0v) is 17.0. The summed E-state index contributed by atoms with van der Waals surface area (Å²) in [7, 11) is 1.98. The van der Waals surface area contributed by atoms with Gasteiger partial charge in [-0.05, 0) is 31.2 Å². The number of carbonyl (C=O) groups excluding carboxylic acids is 1. The van der Waals surface area contributed by atoms with E-state index in [9.17, 15) is 4.79 Å². The Labute approximate surface area is 170 Å². The van der Waals surface area contributed by atoms with E-state index in [0.717, 1.165) is 48.1 Å². The molecule has 29 heavy (non-hydrogen) atoms. The molecule has 2 aromatic heterocycles. The molecular weight excluding hydrogens is 364 g/mol. The molecule has 5 rings (SSSR count). The van der Waals surface area contributed by atoms with Crippen molar-refractivity contribution in [3.63, 3.8) is 0 Å². The maximum absolute atomic E-state index is 13.2. The van der Waals surface area contributed by atoms with Crippen molar-refractivity contribution < 1.29 is 4.79 Å². The molecule has 0 N–H and O–H groups in total. The first-order chi connectivity index (χ1) is 14.1. The summed E-state index contributed by atoms with van der Waals surface area (Å²) in [6.07, 6.45) is 5.16. The lowest BCUT2D eigenvalue weighted by Crippen LogP contribution is -2.38. The van der Waals surface area contributed by atoms with Gasteiger partial charge in [0, 0.05) is 44.4 Å². The van der Waals surface area contributed by atoms with Crippen LogP contribution in [0.2, 0.25) is 0 Å². The molecule has 1 aliphatic carbocycles. The van der Waals surface area contributed by atoms with Crippen molar-refractivity contribution in [1.82, 2.24) is 29.4 Å². The number of benzene rings is 1. The molecule has 1 aromatic carbocycles. The van der Waals surface area contributed by atoms with Crippen LogP contribution in [0.3, 0.4) is 0 Å². The third kappa shape index (κ3) is 3.34. The molecule has 1 saturated carbocycles. The Hall–Kier alpha value is -2.96. The number of nitrogens with zero attached hydrogens (tertiary/aromatic N) is 6. The summed E-state index contributed by atoms with van der Waals surface area (Å²) in [5, 5.41) is 13.3. The Bertz CT molecular complexity index is 1030. The largest absolute Gasteiger partial charge is 0.337 e. The minimum Gasteiger partial charge on any atom is -0.337 e. The molecule has 1 fully saturated rings. The normalized spacial score (nSPS) is 17.2. The van der Waals surface area contributed by atoms with Crippen molar-refractivity contribution in [1.29, 1.82) is 0 Å². The minimum absolute atomic E-state index is 0.156. The molecule has 3 heterocycles. The molecule has 2 aliphatic rings. The van der Waals surface area contributed by atoms with E-state index in [1.54, 1.807) is 6.33 Å². The van der Waals surface area contributed by atoms with E-state index in [4.69, 9.17) is 5.10 Å². The smallest absolute Gasteiger partial charge is 0.230 e. The van der Waals surface area contributed by atoms with Crippen molar-refractivity contribution in [2.75, 3.05) is 6.54 Å². The van der Waals surface area contributed by atoms with E-state index < -0.39 is 0 Å². The van der Waals surface area contributed by atoms with Crippen LogP contribution in [-0.2, 0) is 31.4 Å². The van der Waals surface area contributed by atoms with E-state index in [-0.39, 0.29) is 11.8 Å². The Kier molecular flexibility index (Phi) is 4.45. The predicted octanol–water partition coefficient (Wildman–Crippen LogP) is 2.78. The lowest BCUT2D eigenvalue weighted by molar-refractivity contribution is -0.133. The highest BCUT2D eigenvalue weighted by Crippen LogP contribution is 2.34. The zero-order valence-electron chi connectivity index (χ0n) is 17.0. The third-order valence-electron chi connectivity index (χ3n) is 6.20. The maximum atomic E-state index is 13.2. The second-order valence-corrected chi connectivity index (χ2v) is 8.29. The monoisotopic (exact) mass is 390 g/mol. The fourth-order valence-corrected chi connectivity index (χ4v) is 4.27. The van der Waals surface area contributed by atoms with Crippen LogP contribution in [0.4, 0.5) is 0 Å². The van der Waals surface area contributed by atoms with E-state index in [1.807, 2.05) is 53.9 Å². The number of aromatic nitrogens is 5. The Morgan fingerprint density at radius 2 is 2.03 bits per heavy atom. The summed E-state index contributed by atoms with van der Waals surface area (Å²) in [4.78, 5) is 15.2. The van der Waals surface area contributed by atoms with Gasteiger partial charge in [0.05, 0.1) is 5.92 Å². The van der Waals surface area contributed by atoms with Crippen molar-refractivity contribution in [2.24, 2.45) is 13.0 Å². The number of hydrogen-bond donors (Lipinski definition) is 0. The van der Waals surface area contributed by atoms with Crippen LogP contribution in [0.25, 0.3) is 11.5 Å².